The van der Waals surface area contributed by atoms with Crippen molar-refractivity contribution in [2.45, 2.75) is 31.8 Å². The van der Waals surface area contributed by atoms with E-state index in [1.807, 2.05) is 24.3 Å². The summed E-state index contributed by atoms with van der Waals surface area (Å²) in [4.78, 5) is 24.7. The van der Waals surface area contributed by atoms with Gasteiger partial charge in [-0.1, -0.05) is 12.1 Å². The van der Waals surface area contributed by atoms with Crippen LogP contribution in [0.3, 0.4) is 0 Å². The minimum Gasteiger partial charge on any atom is -0.497 e. The summed E-state index contributed by atoms with van der Waals surface area (Å²) in [6.07, 6.45) is 2.21. The number of hydrogen-bond acceptors (Lipinski definition) is 3. The fourth-order valence-corrected chi connectivity index (χ4v) is 2.45. The first-order valence-electron chi connectivity index (χ1n) is 7.02. The number of carbonyl (C=O) groups excluding carboxylic acids is 1. The van der Waals surface area contributed by atoms with Gasteiger partial charge in [-0.25, -0.2) is 9.59 Å². The highest BCUT2D eigenvalue weighted by atomic mass is 16.5. The highest BCUT2D eigenvalue weighted by molar-refractivity contribution is 5.82. The number of nitrogens with one attached hydrogen (secondary N) is 1. The summed E-state index contributed by atoms with van der Waals surface area (Å²) in [5.74, 6) is -0.179. The summed E-state index contributed by atoms with van der Waals surface area (Å²) < 4.78 is 5.07. The molecule has 0 aliphatic carbocycles. The largest absolute Gasteiger partial charge is 0.497 e. The Labute approximate surface area is 123 Å². The number of nitrogens with zero attached hydrogens (tertiary/aromatic N) is 1. The first-order valence-corrected chi connectivity index (χ1v) is 7.02. The van der Waals surface area contributed by atoms with E-state index in [1.165, 1.54) is 4.90 Å². The number of aliphatic carboxylic acids is 1. The molecule has 6 nitrogen and oxygen atoms in total. The zero-order valence-electron chi connectivity index (χ0n) is 12.0. The molecule has 114 valence electrons. The molecule has 0 spiro atoms. The maximum atomic E-state index is 12.1. The fraction of sp³-hybridized carbons (Fsp3) is 0.467. The van der Waals surface area contributed by atoms with E-state index in [0.717, 1.165) is 24.2 Å². The van der Waals surface area contributed by atoms with Crippen molar-refractivity contribution in [3.63, 3.8) is 0 Å². The van der Waals surface area contributed by atoms with Crippen LogP contribution in [0.2, 0.25) is 0 Å². The molecule has 1 fully saturated rings. The Bertz CT molecular complexity index is 501. The number of likely N-dealkylation sites (tertiary alicyclic amines) is 1. The minimum absolute atomic E-state index is 0.321. The molecule has 1 aromatic rings. The molecule has 1 aromatic carbocycles. The van der Waals surface area contributed by atoms with Crippen LogP contribution in [-0.4, -0.2) is 41.7 Å². The van der Waals surface area contributed by atoms with Crippen molar-refractivity contribution in [3.05, 3.63) is 29.8 Å². The van der Waals surface area contributed by atoms with Crippen LogP contribution in [0.25, 0.3) is 0 Å². The molecule has 0 bridgehead atoms. The van der Waals surface area contributed by atoms with Gasteiger partial charge in [0.2, 0.25) is 0 Å². The second-order valence-electron chi connectivity index (χ2n) is 5.05. The zero-order chi connectivity index (χ0) is 15.2. The molecule has 6 heteroatoms. The number of benzene rings is 1. The average Bonchev–Trinajstić information content (AvgIpc) is 2.53. The topological polar surface area (TPSA) is 78.9 Å². The number of rotatable bonds is 4. The molecule has 21 heavy (non-hydrogen) atoms. The predicted octanol–water partition coefficient (Wildman–Crippen LogP) is 1.84. The molecule has 2 N–H and O–H groups in total. The van der Waals surface area contributed by atoms with E-state index < -0.39 is 12.0 Å². The van der Waals surface area contributed by atoms with Crippen LogP contribution in [0.5, 0.6) is 5.75 Å². The van der Waals surface area contributed by atoms with E-state index >= 15 is 0 Å². The molecule has 1 aliphatic heterocycles. The van der Waals surface area contributed by atoms with E-state index in [-0.39, 0.29) is 6.03 Å². The Morgan fingerprint density at radius 1 is 1.33 bits per heavy atom. The van der Waals surface area contributed by atoms with Gasteiger partial charge in [0.05, 0.1) is 7.11 Å². The lowest BCUT2D eigenvalue weighted by molar-refractivity contribution is -0.143. The third kappa shape index (κ3) is 3.87. The van der Waals surface area contributed by atoms with Gasteiger partial charge in [-0.3, -0.25) is 0 Å². The molecule has 1 unspecified atom stereocenters. The highest BCUT2D eigenvalue weighted by Gasteiger charge is 2.31. The Kier molecular flexibility index (Phi) is 5.03. The van der Waals surface area contributed by atoms with Gasteiger partial charge in [-0.15, -0.1) is 0 Å². The van der Waals surface area contributed by atoms with E-state index in [2.05, 4.69) is 5.32 Å². The van der Waals surface area contributed by atoms with Crippen molar-refractivity contribution in [2.24, 2.45) is 0 Å². The smallest absolute Gasteiger partial charge is 0.326 e. The predicted molar refractivity (Wildman–Crippen MR) is 77.2 cm³/mol. The molecule has 2 amide bonds. The van der Waals surface area contributed by atoms with E-state index in [0.29, 0.717) is 19.5 Å². The van der Waals surface area contributed by atoms with Gasteiger partial charge in [0.15, 0.2) is 0 Å². The van der Waals surface area contributed by atoms with Gasteiger partial charge in [-0.05, 0) is 37.0 Å². The molecule has 1 atom stereocenters. The summed E-state index contributed by atoms with van der Waals surface area (Å²) in [6, 6.07) is 6.34. The van der Waals surface area contributed by atoms with Crippen molar-refractivity contribution in [1.29, 1.82) is 0 Å². The summed E-state index contributed by atoms with van der Waals surface area (Å²) in [6.45, 7) is 0.858. The van der Waals surface area contributed by atoms with Crippen LogP contribution >= 0.6 is 0 Å². The van der Waals surface area contributed by atoms with Gasteiger partial charge < -0.3 is 20.1 Å². The molecule has 0 radical (unpaired) electrons. The lowest BCUT2D eigenvalue weighted by atomic mass is 10.0. The highest BCUT2D eigenvalue weighted by Crippen LogP contribution is 2.17. The number of amides is 2. The molecule has 0 saturated carbocycles. The van der Waals surface area contributed by atoms with Gasteiger partial charge in [0.25, 0.3) is 0 Å². The Morgan fingerprint density at radius 2 is 2.05 bits per heavy atom. The summed E-state index contributed by atoms with van der Waals surface area (Å²) in [5, 5.41) is 11.9. The van der Waals surface area contributed by atoms with Crippen molar-refractivity contribution < 1.29 is 19.4 Å². The number of carboxylic acid groups (broad SMARTS) is 1. The maximum Gasteiger partial charge on any atom is 0.326 e. The lowest BCUT2D eigenvalue weighted by Crippen LogP contribution is -2.51. The van der Waals surface area contributed by atoms with Crippen LogP contribution in [0.1, 0.15) is 24.8 Å². The van der Waals surface area contributed by atoms with E-state index in [9.17, 15) is 9.59 Å². The number of carbonyl (C=O) groups is 2. The SMILES string of the molecule is COc1ccc(CNC(=O)N2CCCCC2C(=O)O)cc1. The Balaban J connectivity index is 1.91. The number of hydrogen-bond donors (Lipinski definition) is 2. The number of piperidine rings is 1. The summed E-state index contributed by atoms with van der Waals surface area (Å²) in [7, 11) is 1.60. The quantitative estimate of drug-likeness (QED) is 0.887. The van der Waals surface area contributed by atoms with Crippen molar-refractivity contribution in [3.8, 4) is 5.75 Å². The van der Waals surface area contributed by atoms with Crippen LogP contribution in [0.15, 0.2) is 24.3 Å². The molecule has 1 saturated heterocycles. The molecule has 2 rings (SSSR count). The Hall–Kier alpha value is -2.24. The third-order valence-electron chi connectivity index (χ3n) is 3.65. The fourth-order valence-electron chi connectivity index (χ4n) is 2.45. The second kappa shape index (κ2) is 6.97. The van der Waals surface area contributed by atoms with Crippen LogP contribution in [-0.2, 0) is 11.3 Å². The van der Waals surface area contributed by atoms with Crippen LogP contribution in [0, 0.1) is 0 Å². The average molecular weight is 292 g/mol. The summed E-state index contributed by atoms with van der Waals surface area (Å²) in [5.41, 5.74) is 0.938. The molecular weight excluding hydrogens is 272 g/mol. The second-order valence-corrected chi connectivity index (χ2v) is 5.05. The monoisotopic (exact) mass is 292 g/mol. The first-order chi connectivity index (χ1) is 10.1. The third-order valence-corrected chi connectivity index (χ3v) is 3.65. The lowest BCUT2D eigenvalue weighted by Gasteiger charge is -2.32. The minimum atomic E-state index is -0.936. The standard InChI is InChI=1S/C15H20N2O4/c1-21-12-7-5-11(6-8-12)10-16-15(20)17-9-3-2-4-13(17)14(18)19/h5-8,13H,2-4,9-10H2,1H3,(H,16,20)(H,18,19). The number of methoxy groups -OCH3 is 1. The van der Waals surface area contributed by atoms with Gasteiger partial charge >= 0.3 is 12.0 Å². The number of ether oxygens (including phenoxy) is 1. The Morgan fingerprint density at radius 3 is 2.67 bits per heavy atom. The number of urea groups is 1. The van der Waals surface area contributed by atoms with Gasteiger partial charge in [0, 0.05) is 13.1 Å². The van der Waals surface area contributed by atoms with Crippen LogP contribution < -0.4 is 10.1 Å². The normalized spacial score (nSPS) is 18.1. The van der Waals surface area contributed by atoms with E-state index in [4.69, 9.17) is 9.84 Å². The number of carboxylic acids is 1. The van der Waals surface area contributed by atoms with Crippen LogP contribution in [0.4, 0.5) is 4.79 Å². The van der Waals surface area contributed by atoms with Gasteiger partial charge in [0.1, 0.15) is 11.8 Å². The molecule has 1 heterocycles. The first kappa shape index (κ1) is 15.2. The molecular formula is C15H20N2O4. The molecule has 0 aromatic heterocycles. The summed E-state index contributed by atoms with van der Waals surface area (Å²) >= 11 is 0. The van der Waals surface area contributed by atoms with Crippen molar-refractivity contribution in [1.82, 2.24) is 10.2 Å². The maximum absolute atomic E-state index is 12.1. The van der Waals surface area contributed by atoms with E-state index in [1.54, 1.807) is 7.11 Å². The van der Waals surface area contributed by atoms with Gasteiger partial charge in [-0.2, -0.15) is 0 Å². The molecule has 1 aliphatic rings. The zero-order valence-corrected chi connectivity index (χ0v) is 12.0. The van der Waals surface area contributed by atoms with Crippen molar-refractivity contribution in [2.75, 3.05) is 13.7 Å². The van der Waals surface area contributed by atoms with Crippen molar-refractivity contribution >= 4 is 12.0 Å².